The van der Waals surface area contributed by atoms with Gasteiger partial charge in [-0.15, -0.1) is 0 Å². The van der Waals surface area contributed by atoms with Crippen LogP contribution in [0.4, 0.5) is 0 Å². The molecule has 1 aromatic carbocycles. The fourth-order valence-electron chi connectivity index (χ4n) is 5.60. The minimum Gasteiger partial charge on any atom is -0.490 e. The highest BCUT2D eigenvalue weighted by molar-refractivity contribution is 5.80. The Balaban J connectivity index is 1.35. The van der Waals surface area contributed by atoms with Crippen molar-refractivity contribution in [3.8, 4) is 5.75 Å². The van der Waals surface area contributed by atoms with Crippen LogP contribution in [0.1, 0.15) is 64.6 Å². The van der Waals surface area contributed by atoms with E-state index in [1.54, 1.807) is 4.68 Å². The first-order chi connectivity index (χ1) is 16.0. The zero-order valence-electron chi connectivity index (χ0n) is 20.6. The van der Waals surface area contributed by atoms with Crippen molar-refractivity contribution in [1.82, 2.24) is 15.1 Å². The summed E-state index contributed by atoms with van der Waals surface area (Å²) in [6.07, 6.45) is 1.05. The average Bonchev–Trinajstić information content (AvgIpc) is 3.10. The number of nitrogens with zero attached hydrogens (tertiary/aromatic N) is 2. The monoisotopic (exact) mass is 469 g/mol. The number of ether oxygens (including phenoxy) is 1. The fraction of sp³-hybridized carbons (Fsp3) is 0.577. The summed E-state index contributed by atoms with van der Waals surface area (Å²) in [7, 11) is 0. The van der Waals surface area contributed by atoms with E-state index in [0.717, 1.165) is 34.5 Å². The molecule has 8 nitrogen and oxygen atoms in total. The number of rotatable bonds is 9. The van der Waals surface area contributed by atoms with Crippen molar-refractivity contribution in [2.75, 3.05) is 19.8 Å². The zero-order chi connectivity index (χ0) is 24.8. The summed E-state index contributed by atoms with van der Waals surface area (Å²) in [6, 6.07) is 4.01. The molecule has 2 aliphatic carbocycles. The average molecular weight is 470 g/mol. The van der Waals surface area contributed by atoms with Gasteiger partial charge in [0.1, 0.15) is 25.1 Å². The van der Waals surface area contributed by atoms with E-state index in [-0.39, 0.29) is 19.1 Å². The predicted octanol–water partition coefficient (Wildman–Crippen LogP) is 2.23. The van der Waals surface area contributed by atoms with Gasteiger partial charge in [0.15, 0.2) is 0 Å². The molecule has 0 bridgehead atoms. The standard InChI is InChI=1S/C26H35N3O5/c1-14-8-17(9-15(2)25(14)34-13-18(31)11-27-21(32)12-30)6-7-22(33)29-20-10-19-24(26(19,4)5)23(20)16(3)28-29/h8-9,18-19,24,30-31H,6-7,10-13H2,1-5H3,(H,27,32)/t18?,19-,24?/m0/s1. The third-order valence-corrected chi connectivity index (χ3v) is 7.46. The molecule has 2 aromatic rings. The third-order valence-electron chi connectivity index (χ3n) is 7.46. The van der Waals surface area contributed by atoms with Gasteiger partial charge in [0.05, 0.1) is 11.4 Å². The molecule has 1 aromatic heterocycles. The van der Waals surface area contributed by atoms with E-state index in [1.807, 2.05) is 32.9 Å². The molecule has 0 radical (unpaired) electrons. The molecule has 1 fully saturated rings. The van der Waals surface area contributed by atoms with Crippen LogP contribution in [-0.4, -0.2) is 57.7 Å². The van der Waals surface area contributed by atoms with Gasteiger partial charge in [0, 0.05) is 18.5 Å². The van der Waals surface area contributed by atoms with Crippen LogP contribution in [0, 0.1) is 32.1 Å². The van der Waals surface area contributed by atoms with Crippen LogP contribution in [-0.2, 0) is 17.6 Å². The van der Waals surface area contributed by atoms with Crippen LogP contribution in [0.15, 0.2) is 12.1 Å². The number of carbonyl (C=O) groups excluding carboxylic acids is 2. The van der Waals surface area contributed by atoms with Crippen molar-refractivity contribution < 1.29 is 24.5 Å². The highest BCUT2D eigenvalue weighted by Gasteiger charge is 2.64. The van der Waals surface area contributed by atoms with Crippen LogP contribution < -0.4 is 10.1 Å². The van der Waals surface area contributed by atoms with Crippen molar-refractivity contribution in [3.05, 3.63) is 45.8 Å². The lowest BCUT2D eigenvalue weighted by Crippen LogP contribution is -2.36. The second-order valence-corrected chi connectivity index (χ2v) is 10.3. The Labute approximate surface area is 200 Å². The van der Waals surface area contributed by atoms with Crippen LogP contribution in [0.3, 0.4) is 0 Å². The van der Waals surface area contributed by atoms with E-state index in [9.17, 15) is 14.7 Å². The summed E-state index contributed by atoms with van der Waals surface area (Å²) in [5.74, 6) is 1.37. The molecule has 0 saturated heterocycles. The van der Waals surface area contributed by atoms with Crippen LogP contribution in [0.2, 0.25) is 0 Å². The molecule has 3 N–H and O–H groups in total. The third kappa shape index (κ3) is 4.49. The van der Waals surface area contributed by atoms with Crippen molar-refractivity contribution in [1.29, 1.82) is 0 Å². The number of hydrogen-bond donors (Lipinski definition) is 3. The maximum absolute atomic E-state index is 13.0. The summed E-state index contributed by atoms with van der Waals surface area (Å²) >= 11 is 0. The molecular weight excluding hydrogens is 434 g/mol. The first kappa shape index (κ1) is 24.4. The van der Waals surface area contributed by atoms with Crippen LogP contribution in [0.25, 0.3) is 0 Å². The molecular formula is C26H35N3O5. The van der Waals surface area contributed by atoms with Gasteiger partial charge in [-0.05, 0) is 67.6 Å². The van der Waals surface area contributed by atoms with Crippen molar-refractivity contribution in [2.24, 2.45) is 11.3 Å². The normalized spacial score (nSPS) is 20.4. The van der Waals surface area contributed by atoms with Gasteiger partial charge in [-0.2, -0.15) is 5.10 Å². The number of carbonyl (C=O) groups is 2. The molecule has 1 heterocycles. The Bertz CT molecular complexity index is 1100. The molecule has 1 saturated carbocycles. The van der Waals surface area contributed by atoms with E-state index in [2.05, 4.69) is 24.3 Å². The van der Waals surface area contributed by atoms with Crippen LogP contribution in [0.5, 0.6) is 5.75 Å². The van der Waals surface area contributed by atoms with Gasteiger partial charge in [0.2, 0.25) is 11.8 Å². The highest BCUT2D eigenvalue weighted by atomic mass is 16.5. The van der Waals surface area contributed by atoms with E-state index < -0.39 is 18.6 Å². The molecule has 0 spiro atoms. The number of aliphatic hydroxyl groups excluding tert-OH is 2. The van der Waals surface area contributed by atoms with Gasteiger partial charge >= 0.3 is 0 Å². The Kier molecular flexibility index (Phi) is 6.57. The number of nitrogens with one attached hydrogen (secondary N) is 1. The lowest BCUT2D eigenvalue weighted by atomic mass is 9.98. The first-order valence-corrected chi connectivity index (χ1v) is 11.9. The number of amides is 1. The van der Waals surface area contributed by atoms with Crippen molar-refractivity contribution >= 4 is 11.8 Å². The molecule has 2 unspecified atom stereocenters. The Hall–Kier alpha value is -2.71. The predicted molar refractivity (Wildman–Crippen MR) is 127 cm³/mol. The molecule has 34 heavy (non-hydrogen) atoms. The maximum Gasteiger partial charge on any atom is 0.247 e. The number of aromatic nitrogens is 2. The highest BCUT2D eigenvalue weighted by Crippen LogP contribution is 2.70. The Morgan fingerprint density at radius 2 is 1.94 bits per heavy atom. The molecule has 4 rings (SSSR count). The fourth-order valence-corrected chi connectivity index (χ4v) is 5.60. The van der Waals surface area contributed by atoms with E-state index in [0.29, 0.717) is 35.8 Å². The zero-order valence-corrected chi connectivity index (χ0v) is 20.6. The van der Waals surface area contributed by atoms with E-state index in [1.165, 1.54) is 5.56 Å². The Morgan fingerprint density at radius 3 is 2.59 bits per heavy atom. The van der Waals surface area contributed by atoms with Gasteiger partial charge in [-0.25, -0.2) is 4.68 Å². The largest absolute Gasteiger partial charge is 0.490 e. The Morgan fingerprint density at radius 1 is 1.26 bits per heavy atom. The van der Waals surface area contributed by atoms with E-state index >= 15 is 0 Å². The molecule has 0 aliphatic heterocycles. The molecule has 8 heteroatoms. The number of hydrogen-bond acceptors (Lipinski definition) is 6. The number of fused-ring (bicyclic) bond motifs is 3. The summed E-state index contributed by atoms with van der Waals surface area (Å²) in [5.41, 5.74) is 6.64. The number of benzene rings is 1. The SMILES string of the molecule is Cc1cc(CCC(=O)n2nc(C)c3c2C[C@H]2C3C2(C)C)cc(C)c1OCC(O)CNC(=O)CO. The molecule has 3 atom stereocenters. The van der Waals surface area contributed by atoms with Crippen molar-refractivity contribution in [2.45, 2.75) is 65.9 Å². The topological polar surface area (TPSA) is 114 Å². The van der Waals surface area contributed by atoms with Gasteiger partial charge < -0.3 is 20.3 Å². The smallest absolute Gasteiger partial charge is 0.247 e. The summed E-state index contributed by atoms with van der Waals surface area (Å²) in [4.78, 5) is 24.1. The van der Waals surface area contributed by atoms with Gasteiger partial charge in [0.25, 0.3) is 0 Å². The molecule has 184 valence electrons. The molecule has 2 aliphatic rings. The van der Waals surface area contributed by atoms with Gasteiger partial charge in [-0.3, -0.25) is 9.59 Å². The lowest BCUT2D eigenvalue weighted by Gasteiger charge is -2.17. The minimum atomic E-state index is -0.887. The quantitative estimate of drug-likeness (QED) is 0.519. The second-order valence-electron chi connectivity index (χ2n) is 10.3. The maximum atomic E-state index is 13.0. The number of aliphatic hydroxyl groups is 2. The van der Waals surface area contributed by atoms with Gasteiger partial charge in [-0.1, -0.05) is 26.0 Å². The number of aryl methyl sites for hydroxylation is 4. The van der Waals surface area contributed by atoms with E-state index in [4.69, 9.17) is 9.84 Å². The van der Waals surface area contributed by atoms with Crippen LogP contribution >= 0.6 is 0 Å². The summed E-state index contributed by atoms with van der Waals surface area (Å²) in [6.45, 7) is 9.91. The first-order valence-electron chi connectivity index (χ1n) is 11.9. The molecule has 1 amide bonds. The summed E-state index contributed by atoms with van der Waals surface area (Å²) < 4.78 is 7.44. The minimum absolute atomic E-state index is 0.00722. The lowest BCUT2D eigenvalue weighted by molar-refractivity contribution is -0.124. The van der Waals surface area contributed by atoms with Crippen molar-refractivity contribution in [3.63, 3.8) is 0 Å². The summed E-state index contributed by atoms with van der Waals surface area (Å²) in [5, 5.41) is 25.7. The second kappa shape index (κ2) is 9.15.